The van der Waals surface area contributed by atoms with Crippen LogP contribution >= 0.6 is 15.9 Å². The van der Waals surface area contributed by atoms with Gasteiger partial charge in [0.2, 0.25) is 0 Å². The van der Waals surface area contributed by atoms with E-state index in [1.807, 2.05) is 30.5 Å². The molecule has 2 heteroatoms. The van der Waals surface area contributed by atoms with Gasteiger partial charge in [-0.3, -0.25) is 4.99 Å². The monoisotopic (exact) mass is 373 g/mol. The van der Waals surface area contributed by atoms with E-state index in [2.05, 4.69) is 81.6 Å². The number of fused-ring (bicyclic) bond motifs is 3. The minimum atomic E-state index is 0.249. The third-order valence-electron chi connectivity index (χ3n) is 4.23. The maximum absolute atomic E-state index is 4.56. The number of nitrogens with zero attached hydrogens (tertiary/aromatic N) is 1. The van der Waals surface area contributed by atoms with Crippen molar-refractivity contribution in [2.24, 2.45) is 4.99 Å². The minimum Gasteiger partial charge on any atom is -0.257 e. The molecule has 0 aromatic heterocycles. The maximum Gasteiger partial charge on any atom is 0.0657 e. The van der Waals surface area contributed by atoms with Crippen LogP contribution in [-0.4, -0.2) is 6.21 Å². The van der Waals surface area contributed by atoms with Crippen LogP contribution in [0.4, 0.5) is 5.69 Å². The Balaban J connectivity index is 1.57. The molecule has 0 aliphatic heterocycles. The van der Waals surface area contributed by atoms with Crippen molar-refractivity contribution in [1.82, 2.24) is 0 Å². The zero-order valence-corrected chi connectivity index (χ0v) is 14.6. The average molecular weight is 374 g/mol. The van der Waals surface area contributed by atoms with Gasteiger partial charge in [0.1, 0.15) is 0 Å². The average Bonchev–Trinajstić information content (AvgIpc) is 2.92. The molecule has 1 nitrogen and oxygen atoms in total. The lowest BCUT2D eigenvalue weighted by Crippen LogP contribution is -1.84. The number of allylic oxidation sites excluding steroid dienone is 1. The number of hydrogen-bond donors (Lipinski definition) is 0. The van der Waals surface area contributed by atoms with Gasteiger partial charge < -0.3 is 0 Å². The summed E-state index contributed by atoms with van der Waals surface area (Å²) in [7, 11) is 0. The summed E-state index contributed by atoms with van der Waals surface area (Å²) < 4.78 is 0. The Hall–Kier alpha value is -2.45. The SMILES string of the molecule is BrC1c2ccccc2-c2ccc(N=CC=Cc3ccccc3)cc21. The molecule has 0 radical (unpaired) electrons. The van der Waals surface area contributed by atoms with E-state index in [0.717, 1.165) is 5.69 Å². The minimum absolute atomic E-state index is 0.249. The molecule has 116 valence electrons. The van der Waals surface area contributed by atoms with Crippen molar-refractivity contribution in [1.29, 1.82) is 0 Å². The molecular formula is C22H16BrN. The van der Waals surface area contributed by atoms with Gasteiger partial charge in [-0.25, -0.2) is 0 Å². The van der Waals surface area contributed by atoms with E-state index in [1.54, 1.807) is 0 Å². The number of halogens is 1. The highest BCUT2D eigenvalue weighted by molar-refractivity contribution is 9.09. The molecule has 0 heterocycles. The van der Waals surface area contributed by atoms with Crippen molar-refractivity contribution >= 4 is 33.9 Å². The van der Waals surface area contributed by atoms with Crippen LogP contribution in [0.15, 0.2) is 83.9 Å². The van der Waals surface area contributed by atoms with E-state index < -0.39 is 0 Å². The van der Waals surface area contributed by atoms with E-state index in [-0.39, 0.29) is 4.83 Å². The summed E-state index contributed by atoms with van der Waals surface area (Å²) in [4.78, 5) is 4.81. The number of alkyl halides is 1. The molecule has 0 saturated carbocycles. The quantitative estimate of drug-likeness (QED) is 0.363. The Morgan fingerprint density at radius 2 is 1.54 bits per heavy atom. The van der Waals surface area contributed by atoms with Gasteiger partial charge in [0.05, 0.1) is 10.5 Å². The highest BCUT2D eigenvalue weighted by atomic mass is 79.9. The largest absolute Gasteiger partial charge is 0.257 e. The first-order chi connectivity index (χ1) is 11.8. The van der Waals surface area contributed by atoms with Crippen molar-refractivity contribution in [3.63, 3.8) is 0 Å². The zero-order chi connectivity index (χ0) is 16.4. The Morgan fingerprint density at radius 1 is 0.792 bits per heavy atom. The van der Waals surface area contributed by atoms with Crippen molar-refractivity contribution in [3.05, 3.63) is 95.6 Å². The third kappa shape index (κ3) is 2.85. The van der Waals surface area contributed by atoms with Crippen LogP contribution in [0.5, 0.6) is 0 Å². The van der Waals surface area contributed by atoms with Gasteiger partial charge in [-0.15, -0.1) is 0 Å². The van der Waals surface area contributed by atoms with E-state index >= 15 is 0 Å². The summed E-state index contributed by atoms with van der Waals surface area (Å²) in [6, 6.07) is 25.2. The van der Waals surface area contributed by atoms with E-state index in [9.17, 15) is 0 Å². The molecule has 3 aromatic carbocycles. The number of aliphatic imine (C=N–C) groups is 1. The Bertz CT molecular complexity index is 926. The first-order valence-corrected chi connectivity index (χ1v) is 8.87. The van der Waals surface area contributed by atoms with Gasteiger partial charge in [-0.1, -0.05) is 82.7 Å². The van der Waals surface area contributed by atoms with E-state index in [0.29, 0.717) is 0 Å². The third-order valence-corrected chi connectivity index (χ3v) is 5.22. The highest BCUT2D eigenvalue weighted by Gasteiger charge is 2.26. The highest BCUT2D eigenvalue weighted by Crippen LogP contribution is 2.48. The van der Waals surface area contributed by atoms with Gasteiger partial charge >= 0.3 is 0 Å². The fourth-order valence-electron chi connectivity index (χ4n) is 3.06. The van der Waals surface area contributed by atoms with Crippen LogP contribution in [0.25, 0.3) is 17.2 Å². The van der Waals surface area contributed by atoms with E-state index in [1.165, 1.54) is 27.8 Å². The van der Waals surface area contributed by atoms with Crippen LogP contribution in [0.3, 0.4) is 0 Å². The van der Waals surface area contributed by atoms with Crippen molar-refractivity contribution < 1.29 is 0 Å². The van der Waals surface area contributed by atoms with Crippen molar-refractivity contribution in [2.75, 3.05) is 0 Å². The second-order valence-electron chi connectivity index (χ2n) is 5.77. The zero-order valence-electron chi connectivity index (χ0n) is 13.1. The summed E-state index contributed by atoms with van der Waals surface area (Å²) in [6.07, 6.45) is 5.88. The van der Waals surface area contributed by atoms with Crippen LogP contribution in [0.1, 0.15) is 21.5 Å². The normalized spacial score (nSPS) is 15.8. The maximum atomic E-state index is 4.56. The molecule has 0 saturated heterocycles. The van der Waals surface area contributed by atoms with Gasteiger partial charge in [-0.2, -0.15) is 0 Å². The molecule has 0 amide bonds. The molecule has 0 N–H and O–H groups in total. The van der Waals surface area contributed by atoms with Crippen molar-refractivity contribution in [2.45, 2.75) is 4.83 Å². The predicted molar refractivity (Wildman–Crippen MR) is 106 cm³/mol. The predicted octanol–water partition coefficient (Wildman–Crippen LogP) is 6.57. The second kappa shape index (κ2) is 6.58. The molecule has 1 unspecified atom stereocenters. The Morgan fingerprint density at radius 3 is 2.42 bits per heavy atom. The van der Waals surface area contributed by atoms with Gasteiger partial charge in [-0.05, 0) is 46.0 Å². The Kier molecular flexibility index (Phi) is 4.14. The molecule has 1 aliphatic rings. The second-order valence-corrected chi connectivity index (χ2v) is 6.69. The number of rotatable bonds is 3. The fourth-order valence-corrected chi connectivity index (χ4v) is 3.84. The molecule has 1 atom stereocenters. The van der Waals surface area contributed by atoms with Gasteiger partial charge in [0.25, 0.3) is 0 Å². The molecule has 24 heavy (non-hydrogen) atoms. The lowest BCUT2D eigenvalue weighted by atomic mass is 10.1. The molecule has 0 fully saturated rings. The lowest BCUT2D eigenvalue weighted by Gasteiger charge is -2.04. The molecule has 0 spiro atoms. The summed E-state index contributed by atoms with van der Waals surface area (Å²) in [5.74, 6) is 0. The summed E-state index contributed by atoms with van der Waals surface area (Å²) in [5.41, 5.74) is 7.38. The Labute approximate surface area is 150 Å². The number of hydrogen-bond acceptors (Lipinski definition) is 1. The standard InChI is InChI=1S/C22H16BrN/c23-22-20-11-5-4-10-18(20)19-13-12-17(15-21(19)22)24-14-6-9-16-7-2-1-3-8-16/h1-15,22H. The van der Waals surface area contributed by atoms with E-state index in [4.69, 9.17) is 0 Å². The first kappa shape index (κ1) is 15.1. The summed E-state index contributed by atoms with van der Waals surface area (Å²) in [6.45, 7) is 0. The molecule has 4 rings (SSSR count). The van der Waals surface area contributed by atoms with Crippen LogP contribution in [-0.2, 0) is 0 Å². The van der Waals surface area contributed by atoms with Crippen LogP contribution in [0.2, 0.25) is 0 Å². The topological polar surface area (TPSA) is 12.4 Å². The number of benzene rings is 3. The lowest BCUT2D eigenvalue weighted by molar-refractivity contribution is 1.24. The van der Waals surface area contributed by atoms with Gasteiger partial charge in [0.15, 0.2) is 0 Å². The summed E-state index contributed by atoms with van der Waals surface area (Å²) in [5, 5.41) is 0. The fraction of sp³-hybridized carbons (Fsp3) is 0.0455. The molecule has 3 aromatic rings. The molecule has 1 aliphatic carbocycles. The van der Waals surface area contributed by atoms with Gasteiger partial charge in [0, 0.05) is 6.21 Å². The smallest absolute Gasteiger partial charge is 0.0657 e. The first-order valence-electron chi connectivity index (χ1n) is 7.96. The van der Waals surface area contributed by atoms with Crippen LogP contribution < -0.4 is 0 Å². The molecule has 0 bridgehead atoms. The van der Waals surface area contributed by atoms with Crippen LogP contribution in [0, 0.1) is 0 Å². The summed E-state index contributed by atoms with van der Waals surface area (Å²) >= 11 is 3.82. The molecular weight excluding hydrogens is 358 g/mol. The van der Waals surface area contributed by atoms with Crippen molar-refractivity contribution in [3.8, 4) is 11.1 Å².